The second-order valence-electron chi connectivity index (χ2n) is 4.37. The summed E-state index contributed by atoms with van der Waals surface area (Å²) in [5.74, 6) is 0. The Morgan fingerprint density at radius 2 is 2.06 bits per heavy atom. The number of hydrogen-bond donors (Lipinski definition) is 1. The minimum Gasteiger partial charge on any atom is -0.309 e. The lowest BCUT2D eigenvalue weighted by molar-refractivity contribution is 0.295. The molecule has 1 aromatic heterocycles. The Balaban J connectivity index is 2.42. The molecule has 3 nitrogen and oxygen atoms in total. The van der Waals surface area contributed by atoms with Crippen molar-refractivity contribution < 1.29 is 0 Å². The summed E-state index contributed by atoms with van der Waals surface area (Å²) in [7, 11) is 0. The lowest BCUT2D eigenvalue weighted by Crippen LogP contribution is -2.23. The summed E-state index contributed by atoms with van der Waals surface area (Å²) in [5.41, 5.74) is 0. The van der Waals surface area contributed by atoms with Crippen LogP contribution in [0.5, 0.6) is 0 Å². The highest BCUT2D eigenvalue weighted by Crippen LogP contribution is 2.15. The highest BCUT2D eigenvalue weighted by molar-refractivity contribution is 7.11. The zero-order valence-electron chi connectivity index (χ0n) is 11.5. The third kappa shape index (κ3) is 5.15. The van der Waals surface area contributed by atoms with Crippen LogP contribution in [0, 0.1) is 0 Å². The predicted molar refractivity (Wildman–Crippen MR) is 75.3 cm³/mol. The van der Waals surface area contributed by atoms with Gasteiger partial charge < -0.3 is 5.32 Å². The topological polar surface area (TPSA) is 28.2 Å². The summed E-state index contributed by atoms with van der Waals surface area (Å²) >= 11 is 1.83. The van der Waals surface area contributed by atoms with Gasteiger partial charge in [0.25, 0.3) is 0 Å². The van der Waals surface area contributed by atoms with Crippen LogP contribution in [0.2, 0.25) is 0 Å². The van der Waals surface area contributed by atoms with E-state index in [2.05, 4.69) is 42.9 Å². The molecule has 1 atom stereocenters. The van der Waals surface area contributed by atoms with Crippen molar-refractivity contribution in [1.29, 1.82) is 0 Å². The molecule has 0 bridgehead atoms. The first-order valence-corrected chi connectivity index (χ1v) is 7.40. The number of hydrogen-bond acceptors (Lipinski definition) is 4. The van der Waals surface area contributed by atoms with Crippen molar-refractivity contribution in [3.63, 3.8) is 0 Å². The maximum atomic E-state index is 4.49. The number of nitrogens with zero attached hydrogens (tertiary/aromatic N) is 2. The fraction of sp³-hybridized carbons (Fsp3) is 0.769. The van der Waals surface area contributed by atoms with Crippen LogP contribution >= 0.6 is 11.3 Å². The maximum absolute atomic E-state index is 4.49. The smallest absolute Gasteiger partial charge is 0.107 e. The Morgan fingerprint density at radius 1 is 1.35 bits per heavy atom. The van der Waals surface area contributed by atoms with Gasteiger partial charge in [0.15, 0.2) is 0 Å². The summed E-state index contributed by atoms with van der Waals surface area (Å²) < 4.78 is 0. The molecule has 0 aliphatic rings. The zero-order valence-corrected chi connectivity index (χ0v) is 12.3. The van der Waals surface area contributed by atoms with Gasteiger partial charge in [0, 0.05) is 23.7 Å². The van der Waals surface area contributed by atoms with E-state index >= 15 is 0 Å². The van der Waals surface area contributed by atoms with E-state index < -0.39 is 0 Å². The molecule has 1 N–H and O–H groups in total. The highest BCUT2D eigenvalue weighted by atomic mass is 32.1. The van der Waals surface area contributed by atoms with E-state index in [9.17, 15) is 0 Å². The summed E-state index contributed by atoms with van der Waals surface area (Å²) in [6.07, 6.45) is 3.18. The molecule has 0 fully saturated rings. The quantitative estimate of drug-likeness (QED) is 0.774. The summed E-state index contributed by atoms with van der Waals surface area (Å²) in [6, 6.07) is 0.586. The molecule has 0 spiro atoms. The van der Waals surface area contributed by atoms with Crippen molar-refractivity contribution in [1.82, 2.24) is 15.2 Å². The molecule has 1 unspecified atom stereocenters. The SMILES string of the molecule is CCC(C)NCc1cnc(CN(CC)CC)s1. The van der Waals surface area contributed by atoms with E-state index in [0.717, 1.165) is 26.2 Å². The fourth-order valence-electron chi connectivity index (χ4n) is 1.56. The second kappa shape index (κ2) is 7.80. The van der Waals surface area contributed by atoms with Crippen molar-refractivity contribution >= 4 is 11.3 Å². The van der Waals surface area contributed by atoms with Crippen LogP contribution in [0.25, 0.3) is 0 Å². The summed E-state index contributed by atoms with van der Waals surface area (Å²) in [6.45, 7) is 12.9. The molecule has 98 valence electrons. The Hall–Kier alpha value is -0.450. The first-order valence-electron chi connectivity index (χ1n) is 6.58. The third-order valence-electron chi connectivity index (χ3n) is 3.09. The first kappa shape index (κ1) is 14.6. The molecule has 1 rings (SSSR count). The molecule has 0 amide bonds. The van der Waals surface area contributed by atoms with Crippen LogP contribution in [-0.4, -0.2) is 29.0 Å². The molecule has 1 aromatic rings. The standard InChI is InChI=1S/C13H25N3S/c1-5-11(4)14-8-12-9-15-13(17-12)10-16(6-2)7-3/h9,11,14H,5-8,10H2,1-4H3. The molecule has 0 aliphatic carbocycles. The number of rotatable bonds is 8. The molecule has 0 saturated carbocycles. The van der Waals surface area contributed by atoms with Crippen molar-refractivity contribution in [2.24, 2.45) is 0 Å². The van der Waals surface area contributed by atoms with E-state index in [0.29, 0.717) is 6.04 Å². The van der Waals surface area contributed by atoms with Gasteiger partial charge in [-0.1, -0.05) is 20.8 Å². The van der Waals surface area contributed by atoms with Gasteiger partial charge in [-0.2, -0.15) is 0 Å². The third-order valence-corrected chi connectivity index (χ3v) is 4.07. The Labute approximate surface area is 109 Å². The van der Waals surface area contributed by atoms with Gasteiger partial charge in [0.05, 0.1) is 6.54 Å². The fourth-order valence-corrected chi connectivity index (χ4v) is 2.48. The molecule has 0 radical (unpaired) electrons. The molecule has 0 aliphatic heterocycles. The van der Waals surface area contributed by atoms with E-state index in [1.54, 1.807) is 0 Å². The Bertz CT molecular complexity index is 307. The normalized spacial score (nSPS) is 13.2. The lowest BCUT2D eigenvalue weighted by atomic mass is 10.2. The van der Waals surface area contributed by atoms with Crippen LogP contribution in [0.15, 0.2) is 6.20 Å². The Kier molecular flexibility index (Phi) is 6.70. The minimum absolute atomic E-state index is 0.586. The van der Waals surface area contributed by atoms with E-state index in [1.807, 2.05) is 17.5 Å². The van der Waals surface area contributed by atoms with Crippen LogP contribution in [0.4, 0.5) is 0 Å². The van der Waals surface area contributed by atoms with E-state index in [4.69, 9.17) is 0 Å². The van der Waals surface area contributed by atoms with Crippen molar-refractivity contribution in [2.45, 2.75) is 53.2 Å². The van der Waals surface area contributed by atoms with Crippen molar-refractivity contribution in [2.75, 3.05) is 13.1 Å². The van der Waals surface area contributed by atoms with Gasteiger partial charge in [-0.05, 0) is 26.4 Å². The average Bonchev–Trinajstić information content (AvgIpc) is 2.80. The first-order chi connectivity index (χ1) is 8.19. The molecular weight excluding hydrogens is 230 g/mol. The molecular formula is C13H25N3S. The van der Waals surface area contributed by atoms with Gasteiger partial charge in [0.1, 0.15) is 5.01 Å². The minimum atomic E-state index is 0.586. The summed E-state index contributed by atoms with van der Waals surface area (Å²) in [4.78, 5) is 8.23. The Morgan fingerprint density at radius 3 is 2.65 bits per heavy atom. The zero-order chi connectivity index (χ0) is 12.7. The number of nitrogens with one attached hydrogen (secondary N) is 1. The highest BCUT2D eigenvalue weighted by Gasteiger charge is 2.06. The van der Waals surface area contributed by atoms with Crippen molar-refractivity contribution in [3.8, 4) is 0 Å². The van der Waals surface area contributed by atoms with Gasteiger partial charge in [-0.25, -0.2) is 4.98 Å². The molecule has 17 heavy (non-hydrogen) atoms. The van der Waals surface area contributed by atoms with Gasteiger partial charge in [0.2, 0.25) is 0 Å². The monoisotopic (exact) mass is 255 g/mol. The predicted octanol–water partition coefficient (Wildman–Crippen LogP) is 2.87. The number of aromatic nitrogens is 1. The van der Waals surface area contributed by atoms with Crippen molar-refractivity contribution in [3.05, 3.63) is 16.1 Å². The van der Waals surface area contributed by atoms with Crippen LogP contribution < -0.4 is 5.32 Å². The van der Waals surface area contributed by atoms with Gasteiger partial charge in [-0.15, -0.1) is 11.3 Å². The second-order valence-corrected chi connectivity index (χ2v) is 5.57. The van der Waals surface area contributed by atoms with Crippen LogP contribution in [0.3, 0.4) is 0 Å². The average molecular weight is 255 g/mol. The molecule has 0 aromatic carbocycles. The largest absolute Gasteiger partial charge is 0.309 e. The molecule has 4 heteroatoms. The summed E-state index contributed by atoms with van der Waals surface area (Å²) in [5, 5.41) is 4.73. The van der Waals surface area contributed by atoms with E-state index in [1.165, 1.54) is 16.3 Å². The van der Waals surface area contributed by atoms with E-state index in [-0.39, 0.29) is 0 Å². The van der Waals surface area contributed by atoms with Crippen LogP contribution in [-0.2, 0) is 13.1 Å². The van der Waals surface area contributed by atoms with Gasteiger partial charge >= 0.3 is 0 Å². The maximum Gasteiger partial charge on any atom is 0.107 e. The van der Waals surface area contributed by atoms with Crippen LogP contribution in [0.1, 0.15) is 44.0 Å². The molecule has 0 saturated heterocycles. The number of thiazole rings is 1. The van der Waals surface area contributed by atoms with Gasteiger partial charge in [-0.3, -0.25) is 4.90 Å². The molecule has 1 heterocycles. The lowest BCUT2D eigenvalue weighted by Gasteiger charge is -2.15.